The van der Waals surface area contributed by atoms with E-state index >= 15 is 0 Å². The van der Waals surface area contributed by atoms with Crippen molar-refractivity contribution in [2.75, 3.05) is 19.7 Å². The van der Waals surface area contributed by atoms with Crippen molar-refractivity contribution in [3.05, 3.63) is 0 Å². The van der Waals surface area contributed by atoms with E-state index in [1.807, 2.05) is 0 Å². The third-order valence-electron chi connectivity index (χ3n) is 2.95. The van der Waals surface area contributed by atoms with Crippen LogP contribution in [-0.2, 0) is 19.1 Å². The molecule has 0 aromatic carbocycles. The Bertz CT molecular complexity index is 357. The predicted octanol–water partition coefficient (Wildman–Crippen LogP) is -1.42. The first-order chi connectivity index (χ1) is 8.08. The third-order valence-corrected chi connectivity index (χ3v) is 2.95. The van der Waals surface area contributed by atoms with Crippen LogP contribution in [0.15, 0.2) is 0 Å². The zero-order valence-corrected chi connectivity index (χ0v) is 9.22. The summed E-state index contributed by atoms with van der Waals surface area (Å²) in [6.07, 6.45) is -0.139. The molecular weight excluding hydrogens is 228 g/mol. The first-order valence-corrected chi connectivity index (χ1v) is 5.50. The standard InChI is InChI=1S/C10H14N2O5/c13-8-2-1-6(11-8)9(14)12-3-4-17-7(5-12)10(15)16/h6-7H,1-5H2,(H,11,13)(H,15,16)/t6-,7?/m1/s1. The van der Waals surface area contributed by atoms with E-state index in [0.717, 1.165) is 0 Å². The van der Waals surface area contributed by atoms with Crippen molar-refractivity contribution >= 4 is 17.8 Å². The van der Waals surface area contributed by atoms with Gasteiger partial charge in [-0.05, 0) is 6.42 Å². The number of nitrogens with one attached hydrogen (secondary N) is 1. The highest BCUT2D eigenvalue weighted by Gasteiger charge is 2.35. The van der Waals surface area contributed by atoms with Crippen LogP contribution in [0.3, 0.4) is 0 Å². The van der Waals surface area contributed by atoms with Crippen LogP contribution in [0.25, 0.3) is 0 Å². The molecule has 2 fully saturated rings. The van der Waals surface area contributed by atoms with E-state index in [4.69, 9.17) is 9.84 Å². The monoisotopic (exact) mass is 242 g/mol. The van der Waals surface area contributed by atoms with Gasteiger partial charge in [-0.3, -0.25) is 9.59 Å². The summed E-state index contributed by atoms with van der Waals surface area (Å²) in [7, 11) is 0. The first-order valence-electron chi connectivity index (χ1n) is 5.50. The highest BCUT2D eigenvalue weighted by molar-refractivity contribution is 5.91. The summed E-state index contributed by atoms with van der Waals surface area (Å²) in [6.45, 7) is 0.624. The number of aliphatic carboxylic acids is 1. The molecule has 0 saturated carbocycles. The molecule has 2 saturated heterocycles. The van der Waals surface area contributed by atoms with E-state index in [-0.39, 0.29) is 25.0 Å². The van der Waals surface area contributed by atoms with Crippen LogP contribution in [-0.4, -0.2) is 59.6 Å². The maximum Gasteiger partial charge on any atom is 0.334 e. The van der Waals surface area contributed by atoms with Crippen molar-refractivity contribution < 1.29 is 24.2 Å². The number of hydrogen-bond donors (Lipinski definition) is 2. The van der Waals surface area contributed by atoms with Gasteiger partial charge in [0.1, 0.15) is 6.04 Å². The summed E-state index contributed by atoms with van der Waals surface area (Å²) in [5, 5.41) is 11.4. The highest BCUT2D eigenvalue weighted by Crippen LogP contribution is 2.13. The number of nitrogens with zero attached hydrogens (tertiary/aromatic N) is 1. The minimum absolute atomic E-state index is 0.0422. The number of carbonyl (C=O) groups excluding carboxylic acids is 2. The van der Waals surface area contributed by atoms with Gasteiger partial charge in [0.2, 0.25) is 11.8 Å². The van der Waals surface area contributed by atoms with E-state index in [1.165, 1.54) is 4.90 Å². The molecular formula is C10H14N2O5. The lowest BCUT2D eigenvalue weighted by Crippen LogP contribution is -2.53. The summed E-state index contributed by atoms with van der Waals surface area (Å²) in [4.78, 5) is 35.2. The Morgan fingerprint density at radius 2 is 2.24 bits per heavy atom. The number of carboxylic acids is 1. The molecule has 17 heavy (non-hydrogen) atoms. The Kier molecular flexibility index (Phi) is 3.28. The Labute approximate surface area is 97.7 Å². The molecule has 0 aromatic rings. The summed E-state index contributed by atoms with van der Waals surface area (Å²) in [6, 6.07) is -0.505. The second-order valence-electron chi connectivity index (χ2n) is 4.14. The lowest BCUT2D eigenvalue weighted by molar-refractivity contribution is -0.160. The van der Waals surface area contributed by atoms with Crippen LogP contribution in [0.2, 0.25) is 0 Å². The summed E-state index contributed by atoms with van der Waals surface area (Å²) < 4.78 is 5.02. The van der Waals surface area contributed by atoms with Gasteiger partial charge < -0.3 is 20.1 Å². The fraction of sp³-hybridized carbons (Fsp3) is 0.700. The minimum Gasteiger partial charge on any atom is -0.479 e. The quantitative estimate of drug-likeness (QED) is 0.619. The van der Waals surface area contributed by atoms with E-state index in [2.05, 4.69) is 5.32 Å². The fourth-order valence-electron chi connectivity index (χ4n) is 2.02. The smallest absolute Gasteiger partial charge is 0.334 e. The first kappa shape index (κ1) is 11.8. The van der Waals surface area contributed by atoms with Crippen LogP contribution >= 0.6 is 0 Å². The number of rotatable bonds is 2. The molecule has 0 radical (unpaired) electrons. The zero-order valence-electron chi connectivity index (χ0n) is 9.22. The van der Waals surface area contributed by atoms with Gasteiger partial charge in [-0.15, -0.1) is 0 Å². The average Bonchev–Trinajstić information content (AvgIpc) is 2.75. The molecule has 0 spiro atoms. The fourth-order valence-corrected chi connectivity index (χ4v) is 2.02. The molecule has 1 unspecified atom stereocenters. The molecule has 7 nitrogen and oxygen atoms in total. The lowest BCUT2D eigenvalue weighted by Gasteiger charge is -2.32. The molecule has 2 aliphatic heterocycles. The lowest BCUT2D eigenvalue weighted by atomic mass is 10.1. The van der Waals surface area contributed by atoms with E-state index in [9.17, 15) is 14.4 Å². The van der Waals surface area contributed by atoms with Crippen molar-refractivity contribution in [1.29, 1.82) is 0 Å². The maximum absolute atomic E-state index is 12.0. The summed E-state index contributed by atoms with van der Waals surface area (Å²) in [5.74, 6) is -1.42. The van der Waals surface area contributed by atoms with Crippen LogP contribution in [0.5, 0.6) is 0 Å². The van der Waals surface area contributed by atoms with Gasteiger partial charge in [0.25, 0.3) is 0 Å². The Hall–Kier alpha value is -1.63. The molecule has 2 atom stereocenters. The normalized spacial score (nSPS) is 28.9. The molecule has 2 aliphatic rings. The number of carboxylic acid groups (broad SMARTS) is 1. The predicted molar refractivity (Wildman–Crippen MR) is 55.1 cm³/mol. The van der Waals surface area contributed by atoms with Gasteiger partial charge >= 0.3 is 5.97 Å². The highest BCUT2D eigenvalue weighted by atomic mass is 16.5. The van der Waals surface area contributed by atoms with Crippen LogP contribution in [0, 0.1) is 0 Å². The topological polar surface area (TPSA) is 95.9 Å². The van der Waals surface area contributed by atoms with Gasteiger partial charge in [0.05, 0.1) is 13.2 Å². The van der Waals surface area contributed by atoms with Gasteiger partial charge in [-0.25, -0.2) is 4.79 Å². The van der Waals surface area contributed by atoms with Crippen molar-refractivity contribution in [1.82, 2.24) is 10.2 Å². The van der Waals surface area contributed by atoms with Crippen LogP contribution in [0.1, 0.15) is 12.8 Å². The number of amides is 2. The van der Waals surface area contributed by atoms with E-state index in [0.29, 0.717) is 19.4 Å². The van der Waals surface area contributed by atoms with Crippen LogP contribution in [0.4, 0.5) is 0 Å². The minimum atomic E-state index is -1.07. The van der Waals surface area contributed by atoms with Crippen molar-refractivity contribution in [2.45, 2.75) is 25.0 Å². The molecule has 94 valence electrons. The second-order valence-corrected chi connectivity index (χ2v) is 4.14. The third kappa shape index (κ3) is 2.55. The Balaban J connectivity index is 1.95. The molecule has 0 aliphatic carbocycles. The average molecular weight is 242 g/mol. The van der Waals surface area contributed by atoms with Crippen LogP contribution < -0.4 is 5.32 Å². The largest absolute Gasteiger partial charge is 0.479 e. The molecule has 7 heteroatoms. The SMILES string of the molecule is O=C1CC[C@H](C(=O)N2CCOC(C(=O)O)C2)N1. The number of morpholine rings is 1. The Morgan fingerprint density at radius 3 is 2.82 bits per heavy atom. The number of ether oxygens (including phenoxy) is 1. The molecule has 2 rings (SSSR count). The molecule has 2 amide bonds. The maximum atomic E-state index is 12.0. The summed E-state index contributed by atoms with van der Waals surface area (Å²) in [5.41, 5.74) is 0. The number of carbonyl (C=O) groups is 3. The molecule has 0 aromatic heterocycles. The van der Waals surface area contributed by atoms with Gasteiger partial charge in [-0.2, -0.15) is 0 Å². The molecule has 2 heterocycles. The zero-order chi connectivity index (χ0) is 12.4. The molecule has 0 bridgehead atoms. The Morgan fingerprint density at radius 1 is 1.47 bits per heavy atom. The summed E-state index contributed by atoms with van der Waals surface area (Å²) >= 11 is 0. The van der Waals surface area contributed by atoms with E-state index in [1.54, 1.807) is 0 Å². The van der Waals surface area contributed by atoms with Gasteiger partial charge in [-0.1, -0.05) is 0 Å². The van der Waals surface area contributed by atoms with Crippen molar-refractivity contribution in [3.63, 3.8) is 0 Å². The van der Waals surface area contributed by atoms with Crippen molar-refractivity contribution in [3.8, 4) is 0 Å². The number of hydrogen-bond acceptors (Lipinski definition) is 4. The van der Waals surface area contributed by atoms with Gasteiger partial charge in [0, 0.05) is 13.0 Å². The molecule has 2 N–H and O–H groups in total. The second kappa shape index (κ2) is 4.70. The van der Waals surface area contributed by atoms with Crippen molar-refractivity contribution in [2.24, 2.45) is 0 Å². The van der Waals surface area contributed by atoms with Gasteiger partial charge in [0.15, 0.2) is 6.10 Å². The van der Waals surface area contributed by atoms with E-state index < -0.39 is 18.1 Å².